The maximum absolute atomic E-state index is 12.0. The number of nitrogens with one attached hydrogen (secondary N) is 1. The zero-order valence-electron chi connectivity index (χ0n) is 14.6. The van der Waals surface area contributed by atoms with Gasteiger partial charge in [-0.1, -0.05) is 25.5 Å². The number of ether oxygens (including phenoxy) is 3. The van der Waals surface area contributed by atoms with Crippen LogP contribution in [0.2, 0.25) is 0 Å². The van der Waals surface area contributed by atoms with Gasteiger partial charge in [0, 0.05) is 6.54 Å². The van der Waals surface area contributed by atoms with Crippen LogP contribution < -0.4 is 14.8 Å². The highest BCUT2D eigenvalue weighted by Gasteiger charge is 2.26. The molecule has 1 N–H and O–H groups in total. The predicted octanol–water partition coefficient (Wildman–Crippen LogP) is 1.73. The molecule has 2 rings (SSSR count). The van der Waals surface area contributed by atoms with Gasteiger partial charge in [-0.05, 0) is 18.6 Å². The molecule has 0 unspecified atom stereocenters. The molecule has 0 bridgehead atoms. The molecule has 1 aliphatic rings. The normalized spacial score (nSPS) is 15.8. The second-order valence-corrected chi connectivity index (χ2v) is 7.62. The summed E-state index contributed by atoms with van der Waals surface area (Å²) in [5.74, 6) is 1.13. The van der Waals surface area contributed by atoms with E-state index < -0.39 is 28.3 Å². The van der Waals surface area contributed by atoms with Crippen LogP contribution in [-0.4, -0.2) is 57.0 Å². The van der Waals surface area contributed by atoms with E-state index in [0.717, 1.165) is 6.26 Å². The third-order valence-corrected chi connectivity index (χ3v) is 4.67. The van der Waals surface area contributed by atoms with Gasteiger partial charge in [-0.2, -0.15) is 0 Å². The standard InChI is InChI=1S/C16H22N2O7S/c1-3-4-9-18(26(2,21)22)15(19)17-16(20)24-11-12-10-23-13-7-5-6-8-14(13)25-12/h5-8,12H,3-4,9-11H2,1-2H3,(H,17,19,20)/t12-/m0/s1. The number of alkyl carbamates (subject to hydrolysis) is 1. The summed E-state index contributed by atoms with van der Waals surface area (Å²) in [4.78, 5) is 23.8. The highest BCUT2D eigenvalue weighted by Crippen LogP contribution is 2.30. The van der Waals surface area contributed by atoms with Gasteiger partial charge in [0.05, 0.1) is 6.26 Å². The highest BCUT2D eigenvalue weighted by molar-refractivity contribution is 7.88. The van der Waals surface area contributed by atoms with Crippen molar-refractivity contribution in [3.8, 4) is 11.5 Å². The lowest BCUT2D eigenvalue weighted by atomic mass is 10.3. The first kappa shape index (κ1) is 19.8. The van der Waals surface area contributed by atoms with Crippen LogP contribution in [0.4, 0.5) is 9.59 Å². The molecular weight excluding hydrogens is 364 g/mol. The Labute approximate surface area is 152 Å². The molecule has 0 spiro atoms. The van der Waals surface area contributed by atoms with Crippen LogP contribution in [-0.2, 0) is 14.8 Å². The first-order valence-corrected chi connectivity index (χ1v) is 10.00. The maximum Gasteiger partial charge on any atom is 0.415 e. The van der Waals surface area contributed by atoms with Gasteiger partial charge in [0.15, 0.2) is 17.6 Å². The summed E-state index contributed by atoms with van der Waals surface area (Å²) in [5.41, 5.74) is 0. The fourth-order valence-corrected chi connectivity index (χ4v) is 3.03. The quantitative estimate of drug-likeness (QED) is 0.792. The Morgan fingerprint density at radius 2 is 2.00 bits per heavy atom. The molecule has 9 nitrogen and oxygen atoms in total. The molecule has 1 atom stereocenters. The van der Waals surface area contributed by atoms with Gasteiger partial charge in [0.2, 0.25) is 10.0 Å². The van der Waals surface area contributed by atoms with Crippen molar-refractivity contribution in [2.45, 2.75) is 25.9 Å². The van der Waals surface area contributed by atoms with Crippen molar-refractivity contribution in [1.29, 1.82) is 0 Å². The number of hydrogen-bond acceptors (Lipinski definition) is 7. The number of urea groups is 1. The van der Waals surface area contributed by atoms with E-state index >= 15 is 0 Å². The number of carbonyl (C=O) groups is 2. The number of amides is 3. The molecule has 0 aromatic heterocycles. The smallest absolute Gasteiger partial charge is 0.415 e. The molecule has 0 saturated carbocycles. The summed E-state index contributed by atoms with van der Waals surface area (Å²) in [6.45, 7) is 1.88. The molecule has 3 amide bonds. The zero-order chi connectivity index (χ0) is 19.2. The Kier molecular flexibility index (Phi) is 6.67. The molecule has 26 heavy (non-hydrogen) atoms. The fourth-order valence-electron chi connectivity index (χ4n) is 2.22. The first-order chi connectivity index (χ1) is 12.3. The van der Waals surface area contributed by atoms with Gasteiger partial charge in [0.25, 0.3) is 0 Å². The van der Waals surface area contributed by atoms with E-state index in [1.165, 1.54) is 0 Å². The maximum atomic E-state index is 12.0. The molecule has 1 heterocycles. The lowest BCUT2D eigenvalue weighted by molar-refractivity contribution is 0.0341. The minimum absolute atomic E-state index is 0.00912. The van der Waals surface area contributed by atoms with Crippen molar-refractivity contribution in [2.24, 2.45) is 0 Å². The van der Waals surface area contributed by atoms with Crippen molar-refractivity contribution in [3.05, 3.63) is 24.3 Å². The third kappa shape index (κ3) is 5.51. The lowest BCUT2D eigenvalue weighted by Crippen LogP contribution is -2.46. The molecule has 0 fully saturated rings. The summed E-state index contributed by atoms with van der Waals surface area (Å²) in [7, 11) is -3.78. The molecule has 1 aromatic carbocycles. The summed E-state index contributed by atoms with van der Waals surface area (Å²) in [6.07, 6.45) is 0.504. The second kappa shape index (κ2) is 8.75. The van der Waals surface area contributed by atoms with Crippen LogP contribution in [0, 0.1) is 0 Å². The summed E-state index contributed by atoms with van der Waals surface area (Å²) in [5, 5.41) is 1.90. The average molecular weight is 386 g/mol. The number of benzene rings is 1. The number of hydrogen-bond donors (Lipinski definition) is 1. The summed E-state index contributed by atoms with van der Waals surface area (Å²) >= 11 is 0. The molecule has 0 radical (unpaired) electrons. The minimum Gasteiger partial charge on any atom is -0.486 e. The monoisotopic (exact) mass is 386 g/mol. The number of unbranched alkanes of at least 4 members (excludes halogenated alkanes) is 1. The molecule has 1 aliphatic heterocycles. The number of rotatable bonds is 6. The number of fused-ring (bicyclic) bond motifs is 1. The van der Waals surface area contributed by atoms with Crippen LogP contribution in [0.3, 0.4) is 0 Å². The molecular formula is C16H22N2O7S. The molecule has 1 aromatic rings. The van der Waals surface area contributed by atoms with E-state index in [1.54, 1.807) is 18.2 Å². The minimum atomic E-state index is -3.78. The van der Waals surface area contributed by atoms with E-state index in [4.69, 9.17) is 14.2 Å². The molecule has 0 saturated heterocycles. The van der Waals surface area contributed by atoms with Gasteiger partial charge in [-0.25, -0.2) is 27.6 Å². The Morgan fingerprint density at radius 1 is 1.31 bits per heavy atom. The van der Waals surface area contributed by atoms with Gasteiger partial charge in [-0.15, -0.1) is 0 Å². The Bertz CT molecular complexity index is 751. The Morgan fingerprint density at radius 3 is 2.65 bits per heavy atom. The van der Waals surface area contributed by atoms with Crippen LogP contribution in [0.5, 0.6) is 11.5 Å². The number of sulfonamides is 1. The predicted molar refractivity (Wildman–Crippen MR) is 92.7 cm³/mol. The van der Waals surface area contributed by atoms with Crippen molar-refractivity contribution in [3.63, 3.8) is 0 Å². The molecule has 10 heteroatoms. The van der Waals surface area contributed by atoms with Crippen LogP contribution in [0.1, 0.15) is 19.8 Å². The number of para-hydroxylation sites is 2. The number of imide groups is 1. The summed E-state index contributed by atoms with van der Waals surface area (Å²) in [6, 6.07) is 6.03. The lowest BCUT2D eigenvalue weighted by Gasteiger charge is -2.26. The average Bonchev–Trinajstić information content (AvgIpc) is 2.59. The third-order valence-electron chi connectivity index (χ3n) is 3.52. The van der Waals surface area contributed by atoms with Crippen molar-refractivity contribution >= 4 is 22.1 Å². The molecule has 144 valence electrons. The van der Waals surface area contributed by atoms with Crippen LogP contribution in [0.15, 0.2) is 24.3 Å². The van der Waals surface area contributed by atoms with E-state index in [2.05, 4.69) is 0 Å². The SMILES string of the molecule is CCCCN(C(=O)NC(=O)OC[C@@H]1COc2ccccc2O1)S(C)(=O)=O. The van der Waals surface area contributed by atoms with E-state index in [-0.39, 0.29) is 19.8 Å². The van der Waals surface area contributed by atoms with Crippen molar-refractivity contribution in [2.75, 3.05) is 26.0 Å². The fraction of sp³-hybridized carbons (Fsp3) is 0.500. The van der Waals surface area contributed by atoms with Crippen molar-refractivity contribution < 1.29 is 32.2 Å². The highest BCUT2D eigenvalue weighted by atomic mass is 32.2. The Balaban J connectivity index is 1.83. The zero-order valence-corrected chi connectivity index (χ0v) is 15.5. The van der Waals surface area contributed by atoms with Gasteiger partial charge >= 0.3 is 12.1 Å². The van der Waals surface area contributed by atoms with Crippen LogP contribution in [0.25, 0.3) is 0 Å². The number of nitrogens with zero attached hydrogens (tertiary/aromatic N) is 1. The largest absolute Gasteiger partial charge is 0.486 e. The van der Waals surface area contributed by atoms with Gasteiger partial charge in [0.1, 0.15) is 13.2 Å². The number of carbonyl (C=O) groups excluding carboxylic acids is 2. The first-order valence-electron chi connectivity index (χ1n) is 8.15. The van der Waals surface area contributed by atoms with E-state index in [0.29, 0.717) is 28.6 Å². The second-order valence-electron chi connectivity index (χ2n) is 5.71. The topological polar surface area (TPSA) is 111 Å². The molecule has 0 aliphatic carbocycles. The van der Waals surface area contributed by atoms with E-state index in [1.807, 2.05) is 18.3 Å². The Hall–Kier alpha value is -2.49. The van der Waals surface area contributed by atoms with Gasteiger partial charge in [-0.3, -0.25) is 0 Å². The summed E-state index contributed by atoms with van der Waals surface area (Å²) < 4.78 is 40.0. The van der Waals surface area contributed by atoms with Crippen LogP contribution >= 0.6 is 0 Å². The van der Waals surface area contributed by atoms with E-state index in [9.17, 15) is 18.0 Å². The van der Waals surface area contributed by atoms with Gasteiger partial charge < -0.3 is 14.2 Å². The van der Waals surface area contributed by atoms with Crippen molar-refractivity contribution in [1.82, 2.24) is 9.62 Å².